The fourth-order valence-corrected chi connectivity index (χ4v) is 5.42. The van der Waals surface area contributed by atoms with Gasteiger partial charge in [-0.2, -0.15) is 0 Å². The molecule has 40 heavy (non-hydrogen) atoms. The molecule has 0 fully saturated rings. The lowest BCUT2D eigenvalue weighted by Crippen LogP contribution is -2.21. The summed E-state index contributed by atoms with van der Waals surface area (Å²) >= 11 is 6.21. The number of aliphatic hydroxyl groups is 1. The van der Waals surface area contributed by atoms with Crippen LogP contribution in [0.5, 0.6) is 11.5 Å². The molecule has 5 nitrogen and oxygen atoms in total. The van der Waals surface area contributed by atoms with Crippen LogP contribution in [0.1, 0.15) is 39.3 Å². The Kier molecular flexibility index (Phi) is 6.45. The third-order valence-corrected chi connectivity index (χ3v) is 7.43. The predicted molar refractivity (Wildman–Crippen MR) is 157 cm³/mol. The zero-order valence-corrected chi connectivity index (χ0v) is 22.4. The fourth-order valence-electron chi connectivity index (χ4n) is 5.25. The first-order valence-corrected chi connectivity index (χ1v) is 13.2. The highest BCUT2D eigenvalue weighted by molar-refractivity contribution is 6.31. The molecule has 1 aromatic heterocycles. The second-order valence-corrected chi connectivity index (χ2v) is 10.4. The second kappa shape index (κ2) is 10.1. The first-order valence-electron chi connectivity index (χ1n) is 12.8. The van der Waals surface area contributed by atoms with Gasteiger partial charge in [0, 0.05) is 10.6 Å². The van der Waals surface area contributed by atoms with Crippen LogP contribution in [0.2, 0.25) is 5.02 Å². The van der Waals surface area contributed by atoms with Crippen molar-refractivity contribution < 1.29 is 19.4 Å². The molecule has 1 atom stereocenters. The van der Waals surface area contributed by atoms with Crippen molar-refractivity contribution in [1.82, 2.24) is 0 Å². The molecule has 0 spiro atoms. The minimum absolute atomic E-state index is 0.0482. The van der Waals surface area contributed by atoms with Gasteiger partial charge in [-0.3, -0.25) is 0 Å². The Hall–Kier alpha value is -4.74. The number of allylic oxidation sites excluding steroid dienone is 1. The van der Waals surface area contributed by atoms with Gasteiger partial charge in [0.25, 0.3) is 0 Å². The Balaban J connectivity index is 1.57. The van der Waals surface area contributed by atoms with Crippen molar-refractivity contribution in [3.05, 3.63) is 158 Å². The molecular formula is C34H25ClO5. The summed E-state index contributed by atoms with van der Waals surface area (Å²) in [6.07, 6.45) is 0.726. The molecule has 6 rings (SSSR count). The van der Waals surface area contributed by atoms with E-state index in [1.807, 2.05) is 55.5 Å². The molecule has 4 aromatic carbocycles. The minimum Gasteiger partial charge on any atom is -0.507 e. The number of hydrogen-bond donors (Lipinski definition) is 2. The second-order valence-electron chi connectivity index (χ2n) is 9.92. The molecule has 0 saturated heterocycles. The number of ether oxygens (including phenoxy) is 1. The first-order chi connectivity index (χ1) is 19.3. The Morgan fingerprint density at radius 3 is 2.38 bits per heavy atom. The molecule has 5 aromatic rings. The van der Waals surface area contributed by atoms with E-state index in [2.05, 4.69) is 18.7 Å². The normalized spacial score (nSPS) is 13.7. The number of rotatable bonds is 5. The highest BCUT2D eigenvalue weighted by atomic mass is 35.5. The maximum atomic E-state index is 13.5. The summed E-state index contributed by atoms with van der Waals surface area (Å²) in [6.45, 7) is 5.98. The van der Waals surface area contributed by atoms with Crippen molar-refractivity contribution in [2.75, 3.05) is 0 Å². The molecule has 0 bridgehead atoms. The van der Waals surface area contributed by atoms with Gasteiger partial charge in [-0.05, 0) is 60.4 Å². The number of fused-ring (bicyclic) bond motifs is 2. The van der Waals surface area contributed by atoms with Crippen LogP contribution in [-0.4, -0.2) is 10.2 Å². The maximum absolute atomic E-state index is 13.5. The number of aryl methyl sites for hydroxylation is 1. The monoisotopic (exact) mass is 548 g/mol. The van der Waals surface area contributed by atoms with E-state index in [1.54, 1.807) is 18.2 Å². The van der Waals surface area contributed by atoms with Gasteiger partial charge in [0.15, 0.2) is 0 Å². The van der Waals surface area contributed by atoms with Crippen LogP contribution in [0.25, 0.3) is 16.7 Å². The van der Waals surface area contributed by atoms with Gasteiger partial charge in [-0.25, -0.2) is 4.79 Å². The number of aromatic hydroxyl groups is 1. The first kappa shape index (κ1) is 25.5. The Bertz CT molecular complexity index is 1870. The van der Waals surface area contributed by atoms with E-state index >= 15 is 0 Å². The standard InChI is InChI=1S/C34H25ClO5/c1-19-8-14-27-25(16-19)32(36)29(20(2)39-27)30(23-11-9-22(10-12-23)17-21-6-4-3-5-7-21)31-33(37)26-18-24(35)13-15-28(26)40-34(31)38/h3-16,18,30,36-37H,2,17H2,1H3. The summed E-state index contributed by atoms with van der Waals surface area (Å²) in [7, 11) is 0. The topological polar surface area (TPSA) is 79.9 Å². The number of benzene rings is 4. The molecule has 0 radical (unpaired) electrons. The van der Waals surface area contributed by atoms with Crippen molar-refractivity contribution in [2.24, 2.45) is 0 Å². The molecule has 2 heterocycles. The van der Waals surface area contributed by atoms with Crippen molar-refractivity contribution in [3.63, 3.8) is 0 Å². The van der Waals surface area contributed by atoms with Crippen LogP contribution in [0.4, 0.5) is 0 Å². The van der Waals surface area contributed by atoms with Gasteiger partial charge in [0.2, 0.25) is 0 Å². The Morgan fingerprint density at radius 1 is 0.900 bits per heavy atom. The van der Waals surface area contributed by atoms with Gasteiger partial charge >= 0.3 is 5.63 Å². The van der Waals surface area contributed by atoms with Crippen LogP contribution in [0.15, 0.2) is 118 Å². The van der Waals surface area contributed by atoms with Gasteiger partial charge in [-0.15, -0.1) is 0 Å². The molecule has 2 N–H and O–H groups in total. The SMILES string of the molecule is C=C1Oc2ccc(C)cc2C(O)=C1C(c1ccc(Cc2ccccc2)cc1)c1c(O)c2cc(Cl)ccc2oc1=O. The lowest BCUT2D eigenvalue weighted by atomic mass is 9.81. The molecule has 0 saturated carbocycles. The minimum atomic E-state index is -0.952. The predicted octanol–water partition coefficient (Wildman–Crippen LogP) is 8.06. The van der Waals surface area contributed by atoms with Crippen molar-refractivity contribution in [3.8, 4) is 11.5 Å². The molecule has 1 aliphatic heterocycles. The summed E-state index contributed by atoms with van der Waals surface area (Å²) in [5.41, 5.74) is 3.94. The summed E-state index contributed by atoms with van der Waals surface area (Å²) in [4.78, 5) is 13.5. The number of hydrogen-bond acceptors (Lipinski definition) is 5. The van der Waals surface area contributed by atoms with Crippen LogP contribution in [0, 0.1) is 6.92 Å². The van der Waals surface area contributed by atoms with Gasteiger partial charge < -0.3 is 19.4 Å². The lowest BCUT2D eigenvalue weighted by Gasteiger charge is -2.29. The molecule has 0 amide bonds. The van der Waals surface area contributed by atoms with Crippen molar-refractivity contribution >= 4 is 28.3 Å². The quantitative estimate of drug-likeness (QED) is 0.217. The van der Waals surface area contributed by atoms with Crippen molar-refractivity contribution in [2.45, 2.75) is 19.3 Å². The molecule has 198 valence electrons. The molecule has 6 heteroatoms. The third-order valence-electron chi connectivity index (χ3n) is 7.19. The summed E-state index contributed by atoms with van der Waals surface area (Å²) in [5, 5.41) is 23.7. The molecular weight excluding hydrogens is 524 g/mol. The summed E-state index contributed by atoms with van der Waals surface area (Å²) in [6, 6.07) is 27.9. The molecule has 1 unspecified atom stereocenters. The average Bonchev–Trinajstić information content (AvgIpc) is 2.94. The van der Waals surface area contributed by atoms with E-state index in [0.717, 1.165) is 23.1 Å². The van der Waals surface area contributed by atoms with Crippen molar-refractivity contribution in [1.29, 1.82) is 0 Å². The largest absolute Gasteiger partial charge is 0.507 e. The summed E-state index contributed by atoms with van der Waals surface area (Å²) < 4.78 is 11.7. The number of aliphatic hydroxyl groups excluding tert-OH is 1. The zero-order valence-electron chi connectivity index (χ0n) is 21.6. The highest BCUT2D eigenvalue weighted by Crippen LogP contribution is 2.47. The van der Waals surface area contributed by atoms with Gasteiger partial charge in [0.1, 0.15) is 28.6 Å². The summed E-state index contributed by atoms with van der Waals surface area (Å²) in [5.74, 6) is -0.701. The Morgan fingerprint density at radius 2 is 1.62 bits per heavy atom. The van der Waals surface area contributed by atoms with Gasteiger partial charge in [0.05, 0.1) is 22.4 Å². The Labute approximate surface area is 235 Å². The number of halogens is 1. The molecule has 1 aliphatic rings. The van der Waals surface area contributed by atoms with Crippen LogP contribution < -0.4 is 10.4 Å². The van der Waals surface area contributed by atoms with Crippen LogP contribution >= 0.6 is 11.6 Å². The molecule has 0 aliphatic carbocycles. The third kappa shape index (κ3) is 4.55. The van der Waals surface area contributed by atoms with Crippen LogP contribution in [0.3, 0.4) is 0 Å². The fraction of sp³-hybridized carbons (Fsp3) is 0.0882. The lowest BCUT2D eigenvalue weighted by molar-refractivity contribution is 0.399. The highest BCUT2D eigenvalue weighted by Gasteiger charge is 2.35. The van der Waals surface area contributed by atoms with E-state index in [0.29, 0.717) is 21.9 Å². The average molecular weight is 549 g/mol. The van der Waals surface area contributed by atoms with E-state index in [4.69, 9.17) is 20.8 Å². The van der Waals surface area contributed by atoms with Crippen LogP contribution in [-0.2, 0) is 6.42 Å². The smallest absolute Gasteiger partial charge is 0.344 e. The maximum Gasteiger partial charge on any atom is 0.344 e. The van der Waals surface area contributed by atoms with E-state index in [-0.39, 0.29) is 39.4 Å². The van der Waals surface area contributed by atoms with E-state index in [9.17, 15) is 15.0 Å². The van der Waals surface area contributed by atoms with E-state index < -0.39 is 11.5 Å². The van der Waals surface area contributed by atoms with Gasteiger partial charge in [-0.1, -0.05) is 84.4 Å². The van der Waals surface area contributed by atoms with E-state index in [1.165, 1.54) is 12.1 Å². The zero-order chi connectivity index (χ0) is 28.0.